The molecule has 2 rings (SSSR count). The number of nitrogens with one attached hydrogen (secondary N) is 1. The van der Waals surface area contributed by atoms with Gasteiger partial charge in [0, 0.05) is 11.4 Å². The Bertz CT molecular complexity index is 686. The first-order chi connectivity index (χ1) is 8.38. The first-order valence-corrected chi connectivity index (χ1v) is 7.32. The van der Waals surface area contributed by atoms with Crippen LogP contribution in [0.25, 0.3) is 0 Å². The third-order valence-electron chi connectivity index (χ3n) is 1.95. The zero-order chi connectivity index (χ0) is 13.3. The van der Waals surface area contributed by atoms with Crippen molar-refractivity contribution in [2.24, 2.45) is 0 Å². The number of halogens is 2. The van der Waals surface area contributed by atoms with E-state index in [9.17, 15) is 8.42 Å². The van der Waals surface area contributed by atoms with Crippen LogP contribution >= 0.6 is 27.5 Å². The number of nitrogens with zero attached hydrogens (tertiary/aromatic N) is 2. The molecule has 1 aromatic carbocycles. The number of hydrogen-bond donors (Lipinski definition) is 1. The Hall–Kier alpha value is -1.12. The largest absolute Gasteiger partial charge is 0.408 e. The number of sulfonamides is 1. The van der Waals surface area contributed by atoms with Crippen molar-refractivity contribution in [1.82, 2.24) is 10.2 Å². The molecule has 0 fully saturated rings. The van der Waals surface area contributed by atoms with E-state index in [1.807, 2.05) is 0 Å². The molecule has 0 unspecified atom stereocenters. The fraction of sp³-hybridized carbons (Fsp3) is 0.111. The molecule has 6 nitrogen and oxygen atoms in total. The highest BCUT2D eigenvalue weighted by molar-refractivity contribution is 9.10. The molecule has 0 spiro atoms. The second-order valence-corrected chi connectivity index (χ2v) is 6.25. The van der Waals surface area contributed by atoms with Crippen LogP contribution in [0.3, 0.4) is 0 Å². The summed E-state index contributed by atoms with van der Waals surface area (Å²) in [6, 6.07) is 4.05. The van der Waals surface area contributed by atoms with Crippen LogP contribution in [0, 0.1) is 6.92 Å². The van der Waals surface area contributed by atoms with Crippen LogP contribution in [0.15, 0.2) is 32.0 Å². The lowest BCUT2D eigenvalue weighted by Crippen LogP contribution is -2.13. The van der Waals surface area contributed by atoms with Crippen LogP contribution in [0.2, 0.25) is 5.02 Å². The molecule has 1 N–H and O–H groups in total. The third kappa shape index (κ3) is 2.82. The fourth-order valence-electron chi connectivity index (χ4n) is 1.16. The Morgan fingerprint density at radius 2 is 2.11 bits per heavy atom. The Morgan fingerprint density at radius 3 is 2.67 bits per heavy atom. The minimum atomic E-state index is -3.77. The van der Waals surface area contributed by atoms with Crippen LogP contribution in [0.1, 0.15) is 5.89 Å². The molecule has 2 aromatic rings. The van der Waals surface area contributed by atoms with Gasteiger partial charge >= 0.3 is 6.01 Å². The Kier molecular flexibility index (Phi) is 3.60. The molecule has 0 saturated carbocycles. The molecule has 9 heteroatoms. The van der Waals surface area contributed by atoms with Gasteiger partial charge in [0.15, 0.2) is 0 Å². The van der Waals surface area contributed by atoms with Gasteiger partial charge in [-0.1, -0.05) is 16.7 Å². The molecule has 0 atom stereocenters. The zero-order valence-electron chi connectivity index (χ0n) is 9.02. The van der Waals surface area contributed by atoms with Gasteiger partial charge in [-0.2, -0.15) is 0 Å². The van der Waals surface area contributed by atoms with Crippen molar-refractivity contribution in [2.75, 3.05) is 4.72 Å². The predicted molar refractivity (Wildman–Crippen MR) is 69.0 cm³/mol. The molecule has 0 aliphatic carbocycles. The molecule has 0 amide bonds. The summed E-state index contributed by atoms with van der Waals surface area (Å²) < 4.78 is 31.5. The normalized spacial score (nSPS) is 11.5. The molecule has 0 radical (unpaired) electrons. The van der Waals surface area contributed by atoms with Crippen molar-refractivity contribution >= 4 is 43.6 Å². The number of benzene rings is 1. The number of anilines is 1. The molecule has 18 heavy (non-hydrogen) atoms. The van der Waals surface area contributed by atoms with E-state index in [2.05, 4.69) is 30.8 Å². The lowest BCUT2D eigenvalue weighted by molar-refractivity contribution is 0.534. The van der Waals surface area contributed by atoms with Gasteiger partial charge in [-0.15, -0.1) is 5.10 Å². The molecular weight excluding hydrogens is 346 g/mol. The van der Waals surface area contributed by atoms with Crippen molar-refractivity contribution in [1.29, 1.82) is 0 Å². The number of hydrogen-bond acceptors (Lipinski definition) is 5. The summed E-state index contributed by atoms with van der Waals surface area (Å²) in [5.74, 6) is 0.269. The van der Waals surface area contributed by atoms with Gasteiger partial charge in [0.25, 0.3) is 10.0 Å². The van der Waals surface area contributed by atoms with E-state index in [4.69, 9.17) is 16.0 Å². The van der Waals surface area contributed by atoms with E-state index in [1.165, 1.54) is 18.2 Å². The van der Waals surface area contributed by atoms with Gasteiger partial charge in [0.05, 0.1) is 9.92 Å². The minimum Gasteiger partial charge on any atom is -0.408 e. The summed E-state index contributed by atoms with van der Waals surface area (Å²) in [5.41, 5.74) is 0. The van der Waals surface area contributed by atoms with Crippen molar-refractivity contribution in [2.45, 2.75) is 11.8 Å². The quantitative estimate of drug-likeness (QED) is 0.917. The predicted octanol–water partition coefficient (Wildman–Crippen LogP) is 2.59. The summed E-state index contributed by atoms with van der Waals surface area (Å²) in [4.78, 5) is 0.0367. The maximum absolute atomic E-state index is 12.0. The summed E-state index contributed by atoms with van der Waals surface area (Å²) in [7, 11) is -3.77. The number of aryl methyl sites for hydroxylation is 1. The van der Waals surface area contributed by atoms with E-state index in [0.717, 1.165) is 0 Å². The standard InChI is InChI=1S/C9H7BrClN3O3S/c1-5-12-13-9(17-5)14-18(15,16)6-2-3-8(11)7(10)4-6/h2-4H,1H3,(H,13,14). The lowest BCUT2D eigenvalue weighted by atomic mass is 10.4. The van der Waals surface area contributed by atoms with Gasteiger partial charge in [0.1, 0.15) is 0 Å². The lowest BCUT2D eigenvalue weighted by Gasteiger charge is -2.05. The molecule has 0 bridgehead atoms. The minimum absolute atomic E-state index is 0.0367. The van der Waals surface area contributed by atoms with Crippen LogP contribution < -0.4 is 4.72 Å². The van der Waals surface area contributed by atoms with E-state index in [-0.39, 0.29) is 16.8 Å². The van der Waals surface area contributed by atoms with E-state index in [0.29, 0.717) is 9.50 Å². The molecule has 0 saturated heterocycles. The van der Waals surface area contributed by atoms with Gasteiger partial charge in [-0.25, -0.2) is 13.1 Å². The van der Waals surface area contributed by atoms with Gasteiger partial charge in [-0.05, 0) is 34.1 Å². The average molecular weight is 353 g/mol. The summed E-state index contributed by atoms with van der Waals surface area (Å²) in [5, 5.41) is 7.49. The van der Waals surface area contributed by atoms with Crippen LogP contribution in [0.5, 0.6) is 0 Å². The number of aromatic nitrogens is 2. The molecule has 1 heterocycles. The molecule has 0 aliphatic heterocycles. The SMILES string of the molecule is Cc1nnc(NS(=O)(=O)c2ccc(Cl)c(Br)c2)o1. The Balaban J connectivity index is 2.33. The topological polar surface area (TPSA) is 85.1 Å². The molecule has 1 aromatic heterocycles. The maximum Gasteiger partial charge on any atom is 0.329 e. The first kappa shape index (κ1) is 13.3. The van der Waals surface area contributed by atoms with Crippen molar-refractivity contribution in [3.8, 4) is 0 Å². The summed E-state index contributed by atoms with van der Waals surface area (Å²) in [6.45, 7) is 1.56. The zero-order valence-corrected chi connectivity index (χ0v) is 12.2. The van der Waals surface area contributed by atoms with Crippen LogP contribution in [0.4, 0.5) is 6.01 Å². The third-order valence-corrected chi connectivity index (χ3v) is 4.48. The maximum atomic E-state index is 12.0. The van der Waals surface area contributed by atoms with Crippen molar-refractivity contribution < 1.29 is 12.8 Å². The van der Waals surface area contributed by atoms with E-state index < -0.39 is 10.0 Å². The van der Waals surface area contributed by atoms with Crippen LogP contribution in [-0.4, -0.2) is 18.6 Å². The smallest absolute Gasteiger partial charge is 0.329 e. The van der Waals surface area contributed by atoms with E-state index >= 15 is 0 Å². The fourth-order valence-corrected chi connectivity index (χ4v) is 2.75. The second kappa shape index (κ2) is 4.87. The van der Waals surface area contributed by atoms with Crippen molar-refractivity contribution in [3.05, 3.63) is 33.6 Å². The monoisotopic (exact) mass is 351 g/mol. The first-order valence-electron chi connectivity index (χ1n) is 4.66. The highest BCUT2D eigenvalue weighted by atomic mass is 79.9. The highest BCUT2D eigenvalue weighted by Gasteiger charge is 2.18. The second-order valence-electron chi connectivity index (χ2n) is 3.31. The Labute approximate surface area is 117 Å². The summed E-state index contributed by atoms with van der Waals surface area (Å²) in [6.07, 6.45) is 0. The van der Waals surface area contributed by atoms with Crippen molar-refractivity contribution in [3.63, 3.8) is 0 Å². The van der Waals surface area contributed by atoms with Gasteiger partial charge < -0.3 is 4.42 Å². The van der Waals surface area contributed by atoms with Gasteiger partial charge in [0.2, 0.25) is 5.89 Å². The molecule has 96 valence electrons. The molecular formula is C9H7BrClN3O3S. The number of rotatable bonds is 3. The van der Waals surface area contributed by atoms with Crippen LogP contribution in [-0.2, 0) is 10.0 Å². The summed E-state index contributed by atoms with van der Waals surface area (Å²) >= 11 is 8.94. The molecule has 0 aliphatic rings. The van der Waals surface area contributed by atoms with E-state index in [1.54, 1.807) is 6.92 Å². The average Bonchev–Trinajstić information content (AvgIpc) is 2.67. The highest BCUT2D eigenvalue weighted by Crippen LogP contribution is 2.26. The van der Waals surface area contributed by atoms with Gasteiger partial charge in [-0.3, -0.25) is 0 Å². The Morgan fingerprint density at radius 1 is 1.39 bits per heavy atom.